The van der Waals surface area contributed by atoms with Crippen molar-refractivity contribution in [3.8, 4) is 11.8 Å². The second-order valence-electron chi connectivity index (χ2n) is 20.5. The highest BCUT2D eigenvalue weighted by Crippen LogP contribution is 2.60. The van der Waals surface area contributed by atoms with E-state index < -0.39 is 11.5 Å². The van der Waals surface area contributed by atoms with E-state index in [0.29, 0.717) is 35.9 Å². The van der Waals surface area contributed by atoms with E-state index in [4.69, 9.17) is 4.74 Å². The topological polar surface area (TPSA) is 152 Å². The number of piperidine rings is 2. The number of ether oxygens (including phenoxy) is 1. The predicted octanol–water partition coefficient (Wildman–Crippen LogP) is 5.77. The van der Waals surface area contributed by atoms with E-state index in [2.05, 4.69) is 60.3 Å². The highest BCUT2D eigenvalue weighted by Gasteiger charge is 2.65. The average molecular weight is 817 g/mol. The van der Waals surface area contributed by atoms with Gasteiger partial charge < -0.3 is 19.9 Å². The van der Waals surface area contributed by atoms with Crippen molar-refractivity contribution in [1.29, 1.82) is 5.26 Å². The maximum atomic E-state index is 14.3. The number of imide groups is 1. The maximum Gasteiger partial charge on any atom is 0.255 e. The van der Waals surface area contributed by atoms with E-state index in [1.807, 2.05) is 31.2 Å². The zero-order valence-corrected chi connectivity index (χ0v) is 36.0. The first-order valence-electron chi connectivity index (χ1n) is 22.4. The van der Waals surface area contributed by atoms with Crippen molar-refractivity contribution in [2.24, 2.45) is 27.6 Å². The molecule has 4 aliphatic heterocycles. The molecule has 2 aromatic rings. The van der Waals surface area contributed by atoms with Gasteiger partial charge in [0.15, 0.2) is 0 Å². The van der Waals surface area contributed by atoms with E-state index in [1.165, 1.54) is 11.1 Å². The molecular formula is C48H60N6O6. The van der Waals surface area contributed by atoms with Gasteiger partial charge in [0.2, 0.25) is 23.6 Å². The number of hydrogen-bond donors (Lipinski definition) is 2. The Hall–Kier alpha value is -4.76. The van der Waals surface area contributed by atoms with E-state index in [-0.39, 0.29) is 58.4 Å². The van der Waals surface area contributed by atoms with Gasteiger partial charge in [0, 0.05) is 79.0 Å². The molecule has 2 aromatic carbocycles. The van der Waals surface area contributed by atoms with Gasteiger partial charge in [-0.05, 0) is 117 Å². The Morgan fingerprint density at radius 1 is 0.867 bits per heavy atom. The molecule has 6 fully saturated rings. The van der Waals surface area contributed by atoms with Crippen LogP contribution in [0.4, 0.5) is 0 Å². The lowest BCUT2D eigenvalue weighted by atomic mass is 9.48. The summed E-state index contributed by atoms with van der Waals surface area (Å²) in [5.41, 5.74) is 4.30. The van der Waals surface area contributed by atoms with Crippen LogP contribution in [0.5, 0.6) is 5.75 Å². The molecular weight excluding hydrogens is 757 g/mol. The molecule has 2 N–H and O–H groups in total. The number of benzene rings is 2. The summed E-state index contributed by atoms with van der Waals surface area (Å²) in [6, 6.07) is 11.5. The summed E-state index contributed by atoms with van der Waals surface area (Å²) < 4.78 is 6.60. The number of nitrogens with one attached hydrogen (secondary N) is 2. The van der Waals surface area contributed by atoms with Crippen molar-refractivity contribution in [3.63, 3.8) is 0 Å². The Labute approximate surface area is 353 Å². The molecule has 5 amide bonds. The molecule has 12 nitrogen and oxygen atoms in total. The smallest absolute Gasteiger partial charge is 0.255 e. The standard InChI is InChI=1S/C48H60N6O6/c1-6-30-22-35(8-7-31(30)24-49)60-42-45(2,3)41(46(42,4)5)51-43(58)47-13-16-48(17-14-47,18-15-47)44(59)53-19-11-29(12-20-53)25-52-26-32-21-34-28-54(37-9-10-38(55)50-39(37)56)40(57)36(34)23-33(32)27-52/h7-8,21-23,29,37,41-42H,6,9-20,25-28H2,1-5H3,(H,51,58)(H,50,55,56)/t37?,41-,42-,47?,48?. The molecule has 318 valence electrons. The van der Waals surface area contributed by atoms with Crippen LogP contribution in [0, 0.1) is 38.9 Å². The second kappa shape index (κ2) is 14.7. The number of hydrogen-bond acceptors (Lipinski definition) is 8. The molecule has 1 unspecified atom stereocenters. The van der Waals surface area contributed by atoms with Gasteiger partial charge >= 0.3 is 0 Å². The molecule has 12 heteroatoms. The summed E-state index contributed by atoms with van der Waals surface area (Å²) in [7, 11) is 0. The van der Waals surface area contributed by atoms with Crippen LogP contribution in [0.25, 0.3) is 0 Å². The van der Waals surface area contributed by atoms with Gasteiger partial charge in [-0.1, -0.05) is 40.7 Å². The molecule has 60 heavy (non-hydrogen) atoms. The Morgan fingerprint density at radius 2 is 1.52 bits per heavy atom. The summed E-state index contributed by atoms with van der Waals surface area (Å²) in [4.78, 5) is 72.2. The Balaban J connectivity index is 0.748. The van der Waals surface area contributed by atoms with E-state index in [1.54, 1.807) is 4.90 Å². The summed E-state index contributed by atoms with van der Waals surface area (Å²) in [6.07, 6.45) is 7.75. The number of carbonyl (C=O) groups is 5. The summed E-state index contributed by atoms with van der Waals surface area (Å²) >= 11 is 0. The highest BCUT2D eigenvalue weighted by atomic mass is 16.5. The number of fused-ring (bicyclic) bond motifs is 5. The number of aryl methyl sites for hydroxylation is 1. The fourth-order valence-corrected chi connectivity index (χ4v) is 12.8. The molecule has 0 radical (unpaired) electrons. The van der Waals surface area contributed by atoms with Gasteiger partial charge in [-0.15, -0.1) is 0 Å². The molecule has 0 spiro atoms. The van der Waals surface area contributed by atoms with Crippen molar-refractivity contribution in [2.75, 3.05) is 19.6 Å². The fraction of sp³-hybridized carbons (Fsp3) is 0.625. The first-order chi connectivity index (χ1) is 28.6. The Kier molecular flexibility index (Phi) is 9.96. The molecule has 2 saturated heterocycles. The van der Waals surface area contributed by atoms with Crippen LogP contribution in [0.1, 0.15) is 137 Å². The SMILES string of the molecule is CCc1cc(O[C@H]2C(C)(C)[C@H](NC(=O)C34CCC(C(=O)N5CCC(CN6Cc7cc8c(cc7C6)C(=O)N(C6CCC(=O)NC6=O)C8)CC5)(CC3)CC4)C2(C)C)ccc1C#N. The number of carbonyl (C=O) groups excluding carboxylic acids is 5. The van der Waals surface area contributed by atoms with Crippen molar-refractivity contribution >= 4 is 29.5 Å². The fourth-order valence-electron chi connectivity index (χ4n) is 12.8. The molecule has 10 rings (SSSR count). The summed E-state index contributed by atoms with van der Waals surface area (Å²) in [5, 5.41) is 15.4. The first kappa shape index (κ1) is 40.6. The van der Waals surface area contributed by atoms with Gasteiger partial charge in [-0.3, -0.25) is 34.2 Å². The zero-order valence-electron chi connectivity index (χ0n) is 36.0. The van der Waals surface area contributed by atoms with Crippen molar-refractivity contribution < 1.29 is 28.7 Å². The van der Waals surface area contributed by atoms with Crippen LogP contribution in [0.15, 0.2) is 30.3 Å². The van der Waals surface area contributed by atoms with Crippen LogP contribution in [-0.4, -0.2) is 82.1 Å². The van der Waals surface area contributed by atoms with Crippen LogP contribution >= 0.6 is 0 Å². The molecule has 4 aliphatic carbocycles. The van der Waals surface area contributed by atoms with Crippen molar-refractivity contribution in [3.05, 3.63) is 63.7 Å². The minimum Gasteiger partial charge on any atom is -0.489 e. The zero-order chi connectivity index (χ0) is 42.4. The predicted molar refractivity (Wildman–Crippen MR) is 223 cm³/mol. The van der Waals surface area contributed by atoms with E-state index >= 15 is 0 Å². The normalized spacial score (nSPS) is 30.6. The number of nitriles is 1. The third kappa shape index (κ3) is 6.61. The summed E-state index contributed by atoms with van der Waals surface area (Å²) in [6.45, 7) is 15.2. The molecule has 4 saturated carbocycles. The van der Waals surface area contributed by atoms with Crippen molar-refractivity contribution in [1.82, 2.24) is 25.3 Å². The lowest BCUT2D eigenvalue weighted by molar-refractivity contribution is -0.181. The lowest BCUT2D eigenvalue weighted by Crippen LogP contribution is -2.75. The van der Waals surface area contributed by atoms with Crippen LogP contribution < -0.4 is 15.4 Å². The number of nitrogens with zero attached hydrogens (tertiary/aromatic N) is 4. The maximum absolute atomic E-state index is 14.3. The van der Waals surface area contributed by atoms with Gasteiger partial charge in [-0.2, -0.15) is 5.26 Å². The van der Waals surface area contributed by atoms with Gasteiger partial charge in [0.25, 0.3) is 5.91 Å². The van der Waals surface area contributed by atoms with Crippen LogP contribution in [-0.2, 0) is 45.2 Å². The average Bonchev–Trinajstić information content (AvgIpc) is 3.79. The van der Waals surface area contributed by atoms with Crippen LogP contribution in [0.3, 0.4) is 0 Å². The summed E-state index contributed by atoms with van der Waals surface area (Å²) in [5.74, 6) is 0.888. The third-order valence-electron chi connectivity index (χ3n) is 16.2. The molecule has 8 aliphatic rings. The van der Waals surface area contributed by atoms with Gasteiger partial charge in [0.05, 0.1) is 11.6 Å². The van der Waals surface area contributed by atoms with Crippen LogP contribution in [0.2, 0.25) is 0 Å². The van der Waals surface area contributed by atoms with E-state index in [9.17, 15) is 29.2 Å². The van der Waals surface area contributed by atoms with E-state index in [0.717, 1.165) is 107 Å². The molecule has 0 aromatic heterocycles. The minimum atomic E-state index is -0.603. The van der Waals surface area contributed by atoms with Gasteiger partial charge in [-0.25, -0.2) is 0 Å². The largest absolute Gasteiger partial charge is 0.489 e. The second-order valence-corrected chi connectivity index (χ2v) is 20.5. The monoisotopic (exact) mass is 816 g/mol. The van der Waals surface area contributed by atoms with Gasteiger partial charge in [0.1, 0.15) is 17.9 Å². The Bertz CT molecular complexity index is 2160. The molecule has 2 bridgehead atoms. The lowest BCUT2D eigenvalue weighted by Gasteiger charge is -2.64. The minimum absolute atomic E-state index is 0.0602. The van der Waals surface area contributed by atoms with Crippen molar-refractivity contribution in [2.45, 2.75) is 143 Å². The quantitative estimate of drug-likeness (QED) is 0.303. The number of amides is 5. The Morgan fingerprint density at radius 3 is 2.15 bits per heavy atom. The highest BCUT2D eigenvalue weighted by molar-refractivity contribution is 6.05. The molecule has 1 atom stereocenters. The number of rotatable bonds is 9. The first-order valence-corrected chi connectivity index (χ1v) is 22.4. The number of likely N-dealkylation sites (tertiary alicyclic amines) is 1. The third-order valence-corrected chi connectivity index (χ3v) is 16.2. The molecule has 4 heterocycles.